The van der Waals surface area contributed by atoms with Gasteiger partial charge in [-0.05, 0) is 63.0 Å². The number of nitrogens with zero attached hydrogens (tertiary/aromatic N) is 6. The second-order valence-electron chi connectivity index (χ2n) is 9.36. The van der Waals surface area contributed by atoms with Crippen molar-refractivity contribution in [3.63, 3.8) is 0 Å². The molecule has 1 aliphatic carbocycles. The standard InChI is InChI=1S/C26H34N6O/c1-3-13-31(22-9-4-7-20-8-6-12-27-26(20)22)18-21-23(19-33)32-24(28-21)10-5-11-25(32)30-16-14-29(2)15-17-30/h5-6,8,10-12,19,22H,3-4,7,9,13-18H2,1-2H3/t22-/m0/s1. The van der Waals surface area contributed by atoms with Crippen LogP contribution < -0.4 is 4.90 Å². The number of aromatic nitrogens is 3. The van der Waals surface area contributed by atoms with Crippen molar-refractivity contribution in [3.05, 3.63) is 59.2 Å². The highest BCUT2D eigenvalue weighted by Crippen LogP contribution is 2.34. The number of carbonyl (C=O) groups is 1. The Morgan fingerprint density at radius 1 is 1.15 bits per heavy atom. The van der Waals surface area contributed by atoms with Gasteiger partial charge in [-0.2, -0.15) is 0 Å². The van der Waals surface area contributed by atoms with Crippen molar-refractivity contribution in [1.82, 2.24) is 24.2 Å². The summed E-state index contributed by atoms with van der Waals surface area (Å²) >= 11 is 0. The normalized spacial score (nSPS) is 19.2. The Bertz CT molecular complexity index is 1120. The van der Waals surface area contributed by atoms with Gasteiger partial charge in [0.2, 0.25) is 0 Å². The largest absolute Gasteiger partial charge is 0.355 e. The summed E-state index contributed by atoms with van der Waals surface area (Å²) in [6.45, 7) is 7.77. The summed E-state index contributed by atoms with van der Waals surface area (Å²) in [6.07, 6.45) is 7.32. The number of piperazine rings is 1. The number of rotatable bonds is 7. The molecule has 2 aliphatic rings. The van der Waals surface area contributed by atoms with E-state index in [2.05, 4.69) is 51.3 Å². The monoisotopic (exact) mass is 446 g/mol. The van der Waals surface area contributed by atoms with E-state index in [1.165, 1.54) is 17.7 Å². The summed E-state index contributed by atoms with van der Waals surface area (Å²) in [5.41, 5.74) is 4.95. The van der Waals surface area contributed by atoms with E-state index in [1.807, 2.05) is 18.3 Å². The zero-order valence-electron chi connectivity index (χ0n) is 19.8. The molecule has 1 fully saturated rings. The molecule has 0 aromatic carbocycles. The lowest BCUT2D eigenvalue weighted by Crippen LogP contribution is -2.45. The Hall–Kier alpha value is -2.77. The SMILES string of the molecule is CCCN(Cc1nc2cccc(N3CCN(C)CC3)n2c1C=O)[C@H]1CCCc2cccnc21. The number of aryl methyl sites for hydroxylation is 1. The Morgan fingerprint density at radius 2 is 2.00 bits per heavy atom. The van der Waals surface area contributed by atoms with Gasteiger partial charge in [-0.1, -0.05) is 19.1 Å². The first-order valence-electron chi connectivity index (χ1n) is 12.3. The predicted molar refractivity (Wildman–Crippen MR) is 131 cm³/mol. The van der Waals surface area contributed by atoms with Crippen LogP contribution in [0.1, 0.15) is 59.7 Å². The molecule has 0 saturated carbocycles. The van der Waals surface area contributed by atoms with E-state index in [-0.39, 0.29) is 6.04 Å². The van der Waals surface area contributed by atoms with Crippen LogP contribution in [0.25, 0.3) is 5.65 Å². The summed E-state index contributed by atoms with van der Waals surface area (Å²) in [5, 5.41) is 0. The molecule has 0 bridgehead atoms. The van der Waals surface area contributed by atoms with Gasteiger partial charge < -0.3 is 9.80 Å². The first-order valence-corrected chi connectivity index (χ1v) is 12.3. The third kappa shape index (κ3) is 4.27. The summed E-state index contributed by atoms with van der Waals surface area (Å²) in [4.78, 5) is 29.3. The predicted octanol–water partition coefficient (Wildman–Crippen LogP) is 3.58. The maximum Gasteiger partial charge on any atom is 0.168 e. The minimum atomic E-state index is 0.274. The number of imidazole rings is 1. The zero-order chi connectivity index (χ0) is 22.8. The molecular weight excluding hydrogens is 412 g/mol. The van der Waals surface area contributed by atoms with E-state index in [4.69, 9.17) is 9.97 Å². The lowest BCUT2D eigenvalue weighted by Gasteiger charge is -2.35. The molecule has 174 valence electrons. The molecule has 1 aliphatic heterocycles. The van der Waals surface area contributed by atoms with Crippen molar-refractivity contribution < 1.29 is 4.79 Å². The molecule has 0 spiro atoms. The maximum atomic E-state index is 12.4. The van der Waals surface area contributed by atoms with Crippen LogP contribution in [-0.2, 0) is 13.0 Å². The molecule has 1 atom stereocenters. The molecule has 7 heteroatoms. The minimum Gasteiger partial charge on any atom is -0.355 e. The number of fused-ring (bicyclic) bond motifs is 2. The molecule has 33 heavy (non-hydrogen) atoms. The van der Waals surface area contributed by atoms with Crippen molar-refractivity contribution in [2.45, 2.75) is 45.2 Å². The number of hydrogen-bond donors (Lipinski definition) is 0. The summed E-state index contributed by atoms with van der Waals surface area (Å²) < 4.78 is 2.06. The molecule has 4 heterocycles. The van der Waals surface area contributed by atoms with Crippen molar-refractivity contribution in [3.8, 4) is 0 Å². The highest BCUT2D eigenvalue weighted by molar-refractivity contribution is 5.78. The van der Waals surface area contributed by atoms with Crippen LogP contribution in [0, 0.1) is 0 Å². The van der Waals surface area contributed by atoms with Crippen molar-refractivity contribution in [2.75, 3.05) is 44.7 Å². The zero-order valence-corrected chi connectivity index (χ0v) is 19.8. The molecule has 0 unspecified atom stereocenters. The molecular formula is C26H34N6O. The highest BCUT2D eigenvalue weighted by atomic mass is 16.1. The number of anilines is 1. The fourth-order valence-electron chi connectivity index (χ4n) is 5.43. The van der Waals surface area contributed by atoms with Gasteiger partial charge in [0.1, 0.15) is 17.2 Å². The van der Waals surface area contributed by atoms with Gasteiger partial charge in [0, 0.05) is 38.9 Å². The molecule has 3 aromatic heterocycles. The number of pyridine rings is 2. The van der Waals surface area contributed by atoms with Gasteiger partial charge in [0.15, 0.2) is 6.29 Å². The van der Waals surface area contributed by atoms with Gasteiger partial charge >= 0.3 is 0 Å². The van der Waals surface area contributed by atoms with Crippen LogP contribution in [0.3, 0.4) is 0 Å². The molecule has 7 nitrogen and oxygen atoms in total. The third-order valence-electron chi connectivity index (χ3n) is 7.14. The first-order chi connectivity index (χ1) is 16.2. The van der Waals surface area contributed by atoms with E-state index >= 15 is 0 Å². The van der Waals surface area contributed by atoms with Crippen molar-refractivity contribution in [2.24, 2.45) is 0 Å². The second-order valence-corrected chi connectivity index (χ2v) is 9.36. The van der Waals surface area contributed by atoms with Crippen LogP contribution in [-0.4, -0.2) is 70.2 Å². The quantitative estimate of drug-likeness (QED) is 0.517. The van der Waals surface area contributed by atoms with Crippen molar-refractivity contribution >= 4 is 17.8 Å². The molecule has 0 radical (unpaired) electrons. The van der Waals surface area contributed by atoms with Crippen LogP contribution in [0.2, 0.25) is 0 Å². The molecule has 0 amide bonds. The van der Waals surface area contributed by atoms with E-state index in [0.717, 1.165) is 75.4 Å². The Kier molecular flexibility index (Phi) is 6.42. The topological polar surface area (TPSA) is 57.0 Å². The Balaban J connectivity index is 1.50. The van der Waals surface area contributed by atoms with E-state index in [9.17, 15) is 4.79 Å². The fourth-order valence-corrected chi connectivity index (χ4v) is 5.43. The fraction of sp³-hybridized carbons (Fsp3) is 0.500. The van der Waals surface area contributed by atoms with Crippen LogP contribution in [0.5, 0.6) is 0 Å². The second kappa shape index (κ2) is 9.61. The molecule has 1 saturated heterocycles. The lowest BCUT2D eigenvalue weighted by molar-refractivity contribution is 0.111. The van der Waals surface area contributed by atoms with E-state index in [1.54, 1.807) is 0 Å². The Morgan fingerprint density at radius 3 is 2.79 bits per heavy atom. The molecule has 3 aromatic rings. The maximum absolute atomic E-state index is 12.4. The van der Waals surface area contributed by atoms with Gasteiger partial charge in [0.05, 0.1) is 17.4 Å². The smallest absolute Gasteiger partial charge is 0.168 e. The van der Waals surface area contributed by atoms with Crippen LogP contribution in [0.4, 0.5) is 5.82 Å². The van der Waals surface area contributed by atoms with Gasteiger partial charge in [0.25, 0.3) is 0 Å². The van der Waals surface area contributed by atoms with E-state index in [0.29, 0.717) is 12.2 Å². The summed E-state index contributed by atoms with van der Waals surface area (Å²) in [5.74, 6) is 1.06. The van der Waals surface area contributed by atoms with Gasteiger partial charge in [-0.15, -0.1) is 0 Å². The summed E-state index contributed by atoms with van der Waals surface area (Å²) in [6, 6.07) is 10.7. The average molecular weight is 447 g/mol. The third-order valence-corrected chi connectivity index (χ3v) is 7.14. The number of aldehydes is 1. The number of carbonyl (C=O) groups excluding carboxylic acids is 1. The van der Waals surface area contributed by atoms with Crippen LogP contribution >= 0.6 is 0 Å². The van der Waals surface area contributed by atoms with Gasteiger partial charge in [-0.25, -0.2) is 4.98 Å². The highest BCUT2D eigenvalue weighted by Gasteiger charge is 2.29. The average Bonchev–Trinajstić information content (AvgIpc) is 3.21. The van der Waals surface area contributed by atoms with E-state index < -0.39 is 0 Å². The molecule has 0 N–H and O–H groups in total. The number of likely N-dealkylation sites (N-methyl/N-ethyl adjacent to an activating group) is 1. The molecule has 5 rings (SSSR count). The number of hydrogen-bond acceptors (Lipinski definition) is 6. The minimum absolute atomic E-state index is 0.274. The Labute approximate surface area is 196 Å². The summed E-state index contributed by atoms with van der Waals surface area (Å²) in [7, 11) is 2.16. The van der Waals surface area contributed by atoms with Gasteiger partial charge in [-0.3, -0.25) is 19.1 Å². The lowest BCUT2D eigenvalue weighted by atomic mass is 9.90. The van der Waals surface area contributed by atoms with Crippen LogP contribution in [0.15, 0.2) is 36.5 Å². The van der Waals surface area contributed by atoms with Crippen molar-refractivity contribution in [1.29, 1.82) is 0 Å². The first kappa shape index (κ1) is 22.0.